The van der Waals surface area contributed by atoms with Gasteiger partial charge < -0.3 is 14.4 Å². The summed E-state index contributed by atoms with van der Waals surface area (Å²) in [6, 6.07) is 10.1. The molecule has 0 amide bonds. The van der Waals surface area contributed by atoms with Gasteiger partial charge in [-0.25, -0.2) is 4.79 Å². The van der Waals surface area contributed by atoms with Crippen LogP contribution in [0, 0.1) is 0 Å². The molecule has 0 aliphatic carbocycles. The molecule has 0 radical (unpaired) electrons. The standard InChI is InChI=1S/C25H28N6O3/c1-29-24-23(31(25(29)32)20-15-34-16-20)21-12-17(5-7-22(21)27-28-24)18-4-6-19(26-13-18)14-33-11-10-30-8-2-3-9-30/h4-7,12-13,20H,2-3,8-11,14-16H2,1H3. The highest BCUT2D eigenvalue weighted by atomic mass is 16.5. The van der Waals surface area contributed by atoms with Crippen LogP contribution < -0.4 is 5.69 Å². The molecule has 2 fully saturated rings. The molecule has 176 valence electrons. The molecule has 0 N–H and O–H groups in total. The van der Waals surface area contributed by atoms with Crippen LogP contribution in [0.4, 0.5) is 0 Å². The Morgan fingerprint density at radius 2 is 1.91 bits per heavy atom. The molecule has 0 unspecified atom stereocenters. The highest BCUT2D eigenvalue weighted by molar-refractivity contribution is 6.02. The van der Waals surface area contributed by atoms with Crippen LogP contribution in [0.15, 0.2) is 41.3 Å². The van der Waals surface area contributed by atoms with E-state index < -0.39 is 0 Å². The van der Waals surface area contributed by atoms with E-state index in [1.807, 2.05) is 24.4 Å². The molecule has 3 aromatic heterocycles. The largest absolute Gasteiger partial charge is 0.377 e. The number of imidazole rings is 1. The van der Waals surface area contributed by atoms with Crippen molar-refractivity contribution in [1.82, 2.24) is 29.2 Å². The molecule has 9 nitrogen and oxygen atoms in total. The van der Waals surface area contributed by atoms with Crippen LogP contribution in [-0.4, -0.2) is 68.7 Å². The Hall–Kier alpha value is -3.14. The van der Waals surface area contributed by atoms with Crippen LogP contribution in [-0.2, 0) is 23.1 Å². The first-order valence-corrected chi connectivity index (χ1v) is 11.9. The Kier molecular flexibility index (Phi) is 5.60. The molecule has 2 aliphatic rings. The average Bonchev–Trinajstić information content (AvgIpc) is 3.44. The van der Waals surface area contributed by atoms with Gasteiger partial charge in [0.2, 0.25) is 0 Å². The summed E-state index contributed by atoms with van der Waals surface area (Å²) in [5.41, 5.74) is 5.00. The topological polar surface area (TPSA) is 87.3 Å². The number of rotatable bonds is 7. The van der Waals surface area contributed by atoms with Gasteiger partial charge in [0.05, 0.1) is 43.7 Å². The third kappa shape index (κ3) is 3.79. The van der Waals surface area contributed by atoms with E-state index in [0.29, 0.717) is 25.5 Å². The number of ether oxygens (including phenoxy) is 2. The summed E-state index contributed by atoms with van der Waals surface area (Å²) in [6.45, 7) is 5.69. The maximum absolute atomic E-state index is 12.9. The first-order chi connectivity index (χ1) is 16.7. The number of pyridine rings is 1. The molecule has 6 rings (SSSR count). The zero-order valence-electron chi connectivity index (χ0n) is 19.3. The fraction of sp³-hybridized carbons (Fsp3) is 0.440. The minimum absolute atomic E-state index is 0.0266. The normalized spacial score (nSPS) is 17.1. The molecule has 9 heteroatoms. The van der Waals surface area contributed by atoms with Crippen LogP contribution in [0.25, 0.3) is 33.2 Å². The predicted octanol–water partition coefficient (Wildman–Crippen LogP) is 2.53. The molecular formula is C25H28N6O3. The molecule has 2 saturated heterocycles. The molecular weight excluding hydrogens is 432 g/mol. The Morgan fingerprint density at radius 1 is 1.09 bits per heavy atom. The van der Waals surface area contributed by atoms with Gasteiger partial charge in [0, 0.05) is 30.7 Å². The van der Waals surface area contributed by atoms with Gasteiger partial charge in [0.25, 0.3) is 0 Å². The molecule has 2 aliphatic heterocycles. The van der Waals surface area contributed by atoms with Crippen molar-refractivity contribution in [2.75, 3.05) is 39.5 Å². The minimum atomic E-state index is -0.0914. The number of aromatic nitrogens is 5. The molecule has 5 heterocycles. The number of aryl methyl sites for hydroxylation is 1. The number of hydrogen-bond acceptors (Lipinski definition) is 7. The van der Waals surface area contributed by atoms with Crippen molar-refractivity contribution in [2.24, 2.45) is 7.05 Å². The summed E-state index contributed by atoms with van der Waals surface area (Å²) in [5, 5.41) is 9.59. The number of likely N-dealkylation sites (tertiary alicyclic amines) is 1. The quantitative estimate of drug-likeness (QED) is 0.392. The fourth-order valence-corrected chi connectivity index (χ4v) is 4.84. The Balaban J connectivity index is 1.26. The summed E-state index contributed by atoms with van der Waals surface area (Å²) in [6.07, 6.45) is 4.48. The van der Waals surface area contributed by atoms with Crippen LogP contribution in [0.5, 0.6) is 0 Å². The molecule has 0 atom stereocenters. The monoisotopic (exact) mass is 460 g/mol. The van der Waals surface area contributed by atoms with E-state index in [0.717, 1.165) is 46.4 Å². The van der Waals surface area contributed by atoms with Gasteiger partial charge in [-0.1, -0.05) is 12.1 Å². The van der Waals surface area contributed by atoms with Gasteiger partial charge in [0.1, 0.15) is 5.52 Å². The van der Waals surface area contributed by atoms with E-state index in [1.165, 1.54) is 25.9 Å². The van der Waals surface area contributed by atoms with Crippen molar-refractivity contribution in [3.8, 4) is 11.1 Å². The second-order valence-electron chi connectivity index (χ2n) is 9.15. The van der Waals surface area contributed by atoms with E-state index >= 15 is 0 Å². The number of benzene rings is 1. The van der Waals surface area contributed by atoms with Gasteiger partial charge in [-0.15, -0.1) is 10.2 Å². The van der Waals surface area contributed by atoms with Crippen LogP contribution in [0.1, 0.15) is 24.6 Å². The van der Waals surface area contributed by atoms with Crippen LogP contribution >= 0.6 is 0 Å². The highest BCUT2D eigenvalue weighted by Gasteiger charge is 2.27. The van der Waals surface area contributed by atoms with Gasteiger partial charge in [-0.2, -0.15) is 0 Å². The fourth-order valence-electron chi connectivity index (χ4n) is 4.84. The lowest BCUT2D eigenvalue weighted by Gasteiger charge is -2.27. The van der Waals surface area contributed by atoms with Crippen molar-refractivity contribution >= 4 is 22.1 Å². The van der Waals surface area contributed by atoms with E-state index in [4.69, 9.17) is 9.47 Å². The Labute approximate surface area is 196 Å². The maximum Gasteiger partial charge on any atom is 0.330 e. The molecule has 34 heavy (non-hydrogen) atoms. The first kappa shape index (κ1) is 21.4. The Morgan fingerprint density at radius 3 is 2.65 bits per heavy atom. The van der Waals surface area contributed by atoms with Gasteiger partial charge >= 0.3 is 5.69 Å². The van der Waals surface area contributed by atoms with E-state index in [2.05, 4.69) is 32.2 Å². The molecule has 4 aromatic rings. The third-order valence-electron chi connectivity index (χ3n) is 6.91. The van der Waals surface area contributed by atoms with E-state index in [1.54, 1.807) is 16.2 Å². The minimum Gasteiger partial charge on any atom is -0.377 e. The van der Waals surface area contributed by atoms with Gasteiger partial charge in [-0.05, 0) is 49.7 Å². The molecule has 1 aromatic carbocycles. The summed E-state index contributed by atoms with van der Waals surface area (Å²) >= 11 is 0. The number of hydrogen-bond donors (Lipinski definition) is 0. The summed E-state index contributed by atoms with van der Waals surface area (Å²) in [7, 11) is 1.74. The smallest absolute Gasteiger partial charge is 0.330 e. The maximum atomic E-state index is 12.9. The third-order valence-corrected chi connectivity index (χ3v) is 6.91. The summed E-state index contributed by atoms with van der Waals surface area (Å²) in [4.78, 5) is 20.0. The SMILES string of the molecule is Cn1c(=O)n(C2COC2)c2c3cc(-c4ccc(COCCN5CCCC5)nc4)ccc3nnc21. The lowest BCUT2D eigenvalue weighted by Crippen LogP contribution is -2.37. The van der Waals surface area contributed by atoms with Crippen LogP contribution in [0.2, 0.25) is 0 Å². The average molecular weight is 461 g/mol. The van der Waals surface area contributed by atoms with Crippen molar-refractivity contribution in [3.63, 3.8) is 0 Å². The lowest BCUT2D eigenvalue weighted by atomic mass is 10.0. The van der Waals surface area contributed by atoms with Crippen molar-refractivity contribution in [3.05, 3.63) is 52.7 Å². The van der Waals surface area contributed by atoms with Gasteiger partial charge in [0.15, 0.2) is 5.65 Å². The first-order valence-electron chi connectivity index (χ1n) is 11.9. The van der Waals surface area contributed by atoms with Crippen molar-refractivity contribution < 1.29 is 9.47 Å². The zero-order valence-corrected chi connectivity index (χ0v) is 19.3. The second kappa shape index (κ2) is 8.90. The van der Waals surface area contributed by atoms with Crippen molar-refractivity contribution in [2.45, 2.75) is 25.5 Å². The van der Waals surface area contributed by atoms with Crippen molar-refractivity contribution in [1.29, 1.82) is 0 Å². The summed E-state index contributed by atoms with van der Waals surface area (Å²) < 4.78 is 14.6. The van der Waals surface area contributed by atoms with E-state index in [-0.39, 0.29) is 11.7 Å². The highest BCUT2D eigenvalue weighted by Crippen LogP contribution is 2.30. The Bertz CT molecular complexity index is 1380. The number of fused-ring (bicyclic) bond motifs is 3. The zero-order chi connectivity index (χ0) is 23.1. The van der Waals surface area contributed by atoms with E-state index in [9.17, 15) is 4.79 Å². The summed E-state index contributed by atoms with van der Waals surface area (Å²) in [5.74, 6) is 0. The molecule has 0 spiro atoms. The lowest BCUT2D eigenvalue weighted by molar-refractivity contribution is -0.0230. The second-order valence-corrected chi connectivity index (χ2v) is 9.15. The predicted molar refractivity (Wildman–Crippen MR) is 129 cm³/mol. The van der Waals surface area contributed by atoms with Crippen LogP contribution in [0.3, 0.4) is 0 Å². The molecule has 0 saturated carbocycles. The molecule has 0 bridgehead atoms. The number of nitrogens with zero attached hydrogens (tertiary/aromatic N) is 6. The van der Waals surface area contributed by atoms with Gasteiger partial charge in [-0.3, -0.25) is 14.1 Å².